The van der Waals surface area contributed by atoms with E-state index in [0.29, 0.717) is 30.9 Å². The molecule has 3 rings (SSSR count). The SMILES string of the molecule is CN(C)c1ncccc1C(=O)N[C@H]1CC(=O)N(Cc2ccccc2)C1. The van der Waals surface area contributed by atoms with Gasteiger partial charge in [-0.05, 0) is 17.7 Å². The number of carbonyl (C=O) groups is 2. The first-order chi connectivity index (χ1) is 12.0. The number of benzene rings is 1. The molecule has 1 fully saturated rings. The van der Waals surface area contributed by atoms with Crippen LogP contribution in [0.4, 0.5) is 5.82 Å². The van der Waals surface area contributed by atoms with E-state index in [1.165, 1.54) is 0 Å². The number of aromatic nitrogens is 1. The van der Waals surface area contributed by atoms with Crippen LogP contribution in [-0.2, 0) is 11.3 Å². The van der Waals surface area contributed by atoms with Crippen LogP contribution in [0, 0.1) is 0 Å². The maximum absolute atomic E-state index is 12.6. The van der Waals surface area contributed by atoms with E-state index in [1.54, 1.807) is 28.1 Å². The normalized spacial score (nSPS) is 16.8. The maximum Gasteiger partial charge on any atom is 0.255 e. The molecule has 1 aromatic heterocycles. The quantitative estimate of drug-likeness (QED) is 0.901. The molecule has 1 atom stereocenters. The molecule has 1 saturated heterocycles. The zero-order chi connectivity index (χ0) is 17.8. The van der Waals surface area contributed by atoms with Gasteiger partial charge in [-0.3, -0.25) is 9.59 Å². The second-order valence-corrected chi connectivity index (χ2v) is 6.40. The molecule has 1 aromatic carbocycles. The third kappa shape index (κ3) is 3.96. The van der Waals surface area contributed by atoms with E-state index in [9.17, 15) is 9.59 Å². The molecule has 2 amide bonds. The molecule has 2 heterocycles. The molecule has 6 heteroatoms. The first-order valence-electron chi connectivity index (χ1n) is 8.29. The fraction of sp³-hybridized carbons (Fsp3) is 0.316. The Morgan fingerprint density at radius 3 is 2.72 bits per heavy atom. The number of likely N-dealkylation sites (tertiary alicyclic amines) is 1. The largest absolute Gasteiger partial charge is 0.362 e. The summed E-state index contributed by atoms with van der Waals surface area (Å²) in [5.41, 5.74) is 1.60. The molecule has 1 aliphatic heterocycles. The van der Waals surface area contributed by atoms with Crippen LogP contribution < -0.4 is 10.2 Å². The molecule has 6 nitrogen and oxygen atoms in total. The summed E-state index contributed by atoms with van der Waals surface area (Å²) in [5.74, 6) is 0.481. The molecule has 25 heavy (non-hydrogen) atoms. The standard InChI is InChI=1S/C19H22N4O2/c1-22(2)18-16(9-6-10-20-18)19(25)21-15-11-17(24)23(13-15)12-14-7-4-3-5-8-14/h3-10,15H,11-13H2,1-2H3,(H,21,25)/t15-/m0/s1. The van der Waals surface area contributed by atoms with E-state index in [-0.39, 0.29) is 17.9 Å². The van der Waals surface area contributed by atoms with E-state index < -0.39 is 0 Å². The molecule has 0 spiro atoms. The zero-order valence-electron chi connectivity index (χ0n) is 14.5. The summed E-state index contributed by atoms with van der Waals surface area (Å²) >= 11 is 0. The number of hydrogen-bond acceptors (Lipinski definition) is 4. The van der Waals surface area contributed by atoms with Gasteiger partial charge in [0.05, 0.1) is 11.6 Å². The zero-order valence-corrected chi connectivity index (χ0v) is 14.5. The lowest BCUT2D eigenvalue weighted by Crippen LogP contribution is -2.37. The van der Waals surface area contributed by atoms with Crippen LogP contribution in [0.1, 0.15) is 22.3 Å². The number of rotatable bonds is 5. The van der Waals surface area contributed by atoms with E-state index in [2.05, 4.69) is 10.3 Å². The Balaban J connectivity index is 1.64. The van der Waals surface area contributed by atoms with Crippen molar-refractivity contribution in [3.63, 3.8) is 0 Å². The molecular formula is C19H22N4O2. The molecule has 1 aliphatic rings. The fourth-order valence-corrected chi connectivity index (χ4v) is 3.02. The topological polar surface area (TPSA) is 65.5 Å². The van der Waals surface area contributed by atoms with Gasteiger partial charge < -0.3 is 15.1 Å². The Morgan fingerprint density at radius 2 is 2.00 bits per heavy atom. The summed E-state index contributed by atoms with van der Waals surface area (Å²) in [5, 5.41) is 2.97. The monoisotopic (exact) mass is 338 g/mol. The van der Waals surface area contributed by atoms with Gasteiger partial charge in [0.25, 0.3) is 5.91 Å². The smallest absolute Gasteiger partial charge is 0.255 e. The van der Waals surface area contributed by atoms with Crippen molar-refractivity contribution in [1.82, 2.24) is 15.2 Å². The number of nitrogens with one attached hydrogen (secondary N) is 1. The number of carbonyl (C=O) groups excluding carboxylic acids is 2. The van der Waals surface area contributed by atoms with Crippen LogP contribution in [0.25, 0.3) is 0 Å². The van der Waals surface area contributed by atoms with Crippen LogP contribution in [0.2, 0.25) is 0 Å². The van der Waals surface area contributed by atoms with Crippen molar-refractivity contribution in [3.05, 3.63) is 59.8 Å². The Kier molecular flexibility index (Phi) is 4.97. The van der Waals surface area contributed by atoms with Crippen molar-refractivity contribution >= 4 is 17.6 Å². The van der Waals surface area contributed by atoms with Gasteiger partial charge in [0, 0.05) is 39.8 Å². The third-order valence-corrected chi connectivity index (χ3v) is 4.22. The van der Waals surface area contributed by atoms with Gasteiger partial charge in [-0.2, -0.15) is 0 Å². The van der Waals surface area contributed by atoms with Gasteiger partial charge in [-0.25, -0.2) is 4.98 Å². The molecule has 1 N–H and O–H groups in total. The molecule has 0 saturated carbocycles. The number of amides is 2. The molecule has 130 valence electrons. The van der Waals surface area contributed by atoms with E-state index in [4.69, 9.17) is 0 Å². The highest BCUT2D eigenvalue weighted by atomic mass is 16.2. The Hall–Kier alpha value is -2.89. The molecule has 0 bridgehead atoms. The summed E-state index contributed by atoms with van der Waals surface area (Å²) in [6.45, 7) is 1.10. The minimum absolute atomic E-state index is 0.0631. The second kappa shape index (κ2) is 7.34. The van der Waals surface area contributed by atoms with Gasteiger partial charge >= 0.3 is 0 Å². The molecule has 2 aromatic rings. The van der Waals surface area contributed by atoms with E-state index >= 15 is 0 Å². The molecule has 0 aliphatic carbocycles. The van der Waals surface area contributed by atoms with Crippen molar-refractivity contribution in [1.29, 1.82) is 0 Å². The molecular weight excluding hydrogens is 316 g/mol. The Bertz CT molecular complexity index is 761. The van der Waals surface area contributed by atoms with Crippen molar-refractivity contribution in [3.8, 4) is 0 Å². The number of anilines is 1. The highest BCUT2D eigenvalue weighted by Crippen LogP contribution is 2.18. The van der Waals surface area contributed by atoms with E-state index in [0.717, 1.165) is 5.56 Å². The highest BCUT2D eigenvalue weighted by Gasteiger charge is 2.31. The van der Waals surface area contributed by atoms with Crippen LogP contribution >= 0.6 is 0 Å². The van der Waals surface area contributed by atoms with Gasteiger partial charge in [0.2, 0.25) is 5.91 Å². The van der Waals surface area contributed by atoms with Gasteiger partial charge in [-0.15, -0.1) is 0 Å². The summed E-state index contributed by atoms with van der Waals surface area (Å²) in [6.07, 6.45) is 1.99. The number of pyridine rings is 1. The summed E-state index contributed by atoms with van der Waals surface area (Å²) < 4.78 is 0. The molecule has 0 unspecified atom stereocenters. The lowest BCUT2D eigenvalue weighted by atomic mass is 10.2. The van der Waals surface area contributed by atoms with Crippen LogP contribution in [0.15, 0.2) is 48.7 Å². The maximum atomic E-state index is 12.6. The lowest BCUT2D eigenvalue weighted by molar-refractivity contribution is -0.128. The molecule has 0 radical (unpaired) electrons. The van der Waals surface area contributed by atoms with E-state index in [1.807, 2.05) is 44.4 Å². The highest BCUT2D eigenvalue weighted by molar-refractivity contribution is 5.99. The third-order valence-electron chi connectivity index (χ3n) is 4.22. The first kappa shape index (κ1) is 17.0. The summed E-state index contributed by atoms with van der Waals surface area (Å²) in [4.78, 5) is 32.7. The minimum atomic E-state index is -0.198. The number of hydrogen-bond donors (Lipinski definition) is 1. The number of nitrogens with zero attached hydrogens (tertiary/aromatic N) is 3. The van der Waals surface area contributed by atoms with Crippen molar-refractivity contribution in [2.24, 2.45) is 0 Å². The average molecular weight is 338 g/mol. The Labute approximate surface area is 147 Å². The first-order valence-corrected chi connectivity index (χ1v) is 8.29. The van der Waals surface area contributed by atoms with Crippen molar-refractivity contribution < 1.29 is 9.59 Å². The fourth-order valence-electron chi connectivity index (χ4n) is 3.02. The summed E-state index contributed by atoms with van der Waals surface area (Å²) in [6, 6.07) is 13.2. The lowest BCUT2D eigenvalue weighted by Gasteiger charge is -2.19. The van der Waals surface area contributed by atoms with Crippen LogP contribution in [0.5, 0.6) is 0 Å². The summed E-state index contributed by atoms with van der Waals surface area (Å²) in [7, 11) is 3.69. The average Bonchev–Trinajstić information content (AvgIpc) is 2.94. The van der Waals surface area contributed by atoms with Crippen molar-refractivity contribution in [2.75, 3.05) is 25.5 Å². The van der Waals surface area contributed by atoms with Crippen molar-refractivity contribution in [2.45, 2.75) is 19.0 Å². The van der Waals surface area contributed by atoms with Gasteiger partial charge in [-0.1, -0.05) is 30.3 Å². The van der Waals surface area contributed by atoms with Gasteiger partial charge in [0.1, 0.15) is 5.82 Å². The van der Waals surface area contributed by atoms with Crippen LogP contribution in [-0.4, -0.2) is 48.4 Å². The van der Waals surface area contributed by atoms with Crippen LogP contribution in [0.3, 0.4) is 0 Å². The predicted molar refractivity (Wildman–Crippen MR) is 96.3 cm³/mol. The predicted octanol–water partition coefficient (Wildman–Crippen LogP) is 1.68. The Morgan fingerprint density at radius 1 is 1.24 bits per heavy atom. The second-order valence-electron chi connectivity index (χ2n) is 6.40. The minimum Gasteiger partial charge on any atom is -0.362 e. The van der Waals surface area contributed by atoms with Gasteiger partial charge in [0.15, 0.2) is 0 Å².